The first-order chi connectivity index (χ1) is 7.58. The Labute approximate surface area is 101 Å². The van der Waals surface area contributed by atoms with Crippen LogP contribution in [0.25, 0.3) is 0 Å². The number of hydrogen-bond acceptors (Lipinski definition) is 2. The molecule has 0 saturated heterocycles. The zero-order valence-corrected chi connectivity index (χ0v) is 10.3. The zero-order chi connectivity index (χ0) is 12.1. The van der Waals surface area contributed by atoms with Crippen molar-refractivity contribution in [2.24, 2.45) is 0 Å². The van der Waals surface area contributed by atoms with Crippen LogP contribution >= 0.6 is 15.9 Å². The predicted molar refractivity (Wildman–Crippen MR) is 59.3 cm³/mol. The summed E-state index contributed by atoms with van der Waals surface area (Å²) in [4.78, 5) is 11.2. The minimum atomic E-state index is -0.564. The quantitative estimate of drug-likeness (QED) is 0.630. The van der Waals surface area contributed by atoms with Crippen molar-refractivity contribution in [3.05, 3.63) is 34.9 Å². The van der Waals surface area contributed by atoms with E-state index in [0.29, 0.717) is 0 Å². The number of alkyl halides is 1. The fourth-order valence-corrected chi connectivity index (χ4v) is 1.71. The molecule has 0 aliphatic carbocycles. The van der Waals surface area contributed by atoms with Gasteiger partial charge in [0.1, 0.15) is 11.6 Å². The highest BCUT2D eigenvalue weighted by Crippen LogP contribution is 2.18. The summed E-state index contributed by atoms with van der Waals surface area (Å²) in [5, 5.41) is 0.201. The molecular weight excluding hydrogens is 282 g/mol. The largest absolute Gasteiger partial charge is 0.466 e. The molecular formula is C11H11BrF2O2. The average Bonchev–Trinajstić information content (AvgIpc) is 2.23. The molecule has 1 aromatic carbocycles. The van der Waals surface area contributed by atoms with Gasteiger partial charge in [-0.3, -0.25) is 4.79 Å². The Balaban J connectivity index is 2.95. The second kappa shape index (κ2) is 5.94. The Hall–Kier alpha value is -0.970. The number of carbonyl (C=O) groups is 1. The fraction of sp³-hybridized carbons (Fsp3) is 0.364. The summed E-state index contributed by atoms with van der Waals surface area (Å²) in [5.74, 6) is -1.69. The number of benzene rings is 1. The fourth-order valence-electron chi connectivity index (χ4n) is 1.30. The maximum absolute atomic E-state index is 13.6. The molecule has 0 aromatic heterocycles. The van der Waals surface area contributed by atoms with Gasteiger partial charge in [0.2, 0.25) is 0 Å². The van der Waals surface area contributed by atoms with Crippen LogP contribution in [0.15, 0.2) is 12.1 Å². The van der Waals surface area contributed by atoms with E-state index < -0.39 is 17.6 Å². The van der Waals surface area contributed by atoms with Crippen molar-refractivity contribution in [1.82, 2.24) is 0 Å². The number of halogens is 3. The van der Waals surface area contributed by atoms with Gasteiger partial charge in [0.15, 0.2) is 0 Å². The lowest BCUT2D eigenvalue weighted by molar-refractivity contribution is -0.142. The molecule has 0 unspecified atom stereocenters. The summed E-state index contributed by atoms with van der Waals surface area (Å²) >= 11 is 3.05. The smallest absolute Gasteiger partial charge is 0.310 e. The van der Waals surface area contributed by atoms with Gasteiger partial charge in [-0.1, -0.05) is 15.9 Å². The van der Waals surface area contributed by atoms with Crippen LogP contribution in [0.2, 0.25) is 0 Å². The van der Waals surface area contributed by atoms with Crippen LogP contribution in [0.5, 0.6) is 0 Å². The van der Waals surface area contributed by atoms with E-state index in [9.17, 15) is 13.6 Å². The molecule has 0 fully saturated rings. The van der Waals surface area contributed by atoms with Crippen molar-refractivity contribution in [3.63, 3.8) is 0 Å². The third-order valence-corrected chi connectivity index (χ3v) is 2.58. The topological polar surface area (TPSA) is 26.3 Å². The van der Waals surface area contributed by atoms with Crippen molar-refractivity contribution in [3.8, 4) is 0 Å². The van der Waals surface area contributed by atoms with Gasteiger partial charge in [0, 0.05) is 16.5 Å². The molecule has 0 N–H and O–H groups in total. The van der Waals surface area contributed by atoms with Crippen LogP contribution in [-0.4, -0.2) is 12.6 Å². The van der Waals surface area contributed by atoms with Crippen LogP contribution in [0.4, 0.5) is 8.78 Å². The maximum Gasteiger partial charge on any atom is 0.310 e. The Morgan fingerprint density at radius 1 is 1.38 bits per heavy atom. The minimum absolute atomic E-state index is 0.0212. The van der Waals surface area contributed by atoms with Crippen molar-refractivity contribution in [1.29, 1.82) is 0 Å². The number of rotatable bonds is 4. The molecule has 0 amide bonds. The van der Waals surface area contributed by atoms with E-state index in [1.54, 1.807) is 6.92 Å². The normalized spacial score (nSPS) is 10.2. The molecule has 0 saturated carbocycles. The molecule has 0 bridgehead atoms. The van der Waals surface area contributed by atoms with Gasteiger partial charge in [0.05, 0.1) is 13.0 Å². The highest BCUT2D eigenvalue weighted by atomic mass is 79.9. The summed E-state index contributed by atoms with van der Waals surface area (Å²) in [6.07, 6.45) is -0.253. The molecule has 16 heavy (non-hydrogen) atoms. The van der Waals surface area contributed by atoms with Gasteiger partial charge in [-0.05, 0) is 19.1 Å². The molecule has 0 spiro atoms. The maximum atomic E-state index is 13.6. The molecule has 2 nitrogen and oxygen atoms in total. The lowest BCUT2D eigenvalue weighted by Gasteiger charge is -2.07. The summed E-state index contributed by atoms with van der Waals surface area (Å²) in [6.45, 7) is 1.88. The SMILES string of the molecule is CCOC(=O)Cc1cc(F)cc(CBr)c1F. The van der Waals surface area contributed by atoms with Crippen LogP contribution in [0.1, 0.15) is 18.1 Å². The van der Waals surface area contributed by atoms with Crippen LogP contribution in [-0.2, 0) is 21.3 Å². The van der Waals surface area contributed by atoms with Crippen molar-refractivity contribution in [2.75, 3.05) is 6.61 Å². The van der Waals surface area contributed by atoms with Gasteiger partial charge in [-0.25, -0.2) is 8.78 Å². The van der Waals surface area contributed by atoms with Gasteiger partial charge < -0.3 is 4.74 Å². The average molecular weight is 293 g/mol. The third kappa shape index (κ3) is 3.27. The molecule has 1 aromatic rings. The van der Waals surface area contributed by atoms with E-state index in [0.717, 1.165) is 12.1 Å². The predicted octanol–water partition coefficient (Wildman–Crippen LogP) is 2.97. The first-order valence-electron chi connectivity index (χ1n) is 4.76. The van der Waals surface area contributed by atoms with Gasteiger partial charge >= 0.3 is 5.97 Å². The Kier molecular flexibility index (Phi) is 4.86. The van der Waals surface area contributed by atoms with Crippen LogP contribution < -0.4 is 0 Å². The number of ether oxygens (including phenoxy) is 1. The molecule has 0 aliphatic rings. The standard InChI is InChI=1S/C11H11BrF2O2/c1-2-16-10(15)5-7-3-9(13)4-8(6-12)11(7)14/h3-4H,2,5-6H2,1H3. The van der Waals surface area contributed by atoms with Crippen molar-refractivity contribution in [2.45, 2.75) is 18.7 Å². The van der Waals surface area contributed by atoms with Gasteiger partial charge in [-0.15, -0.1) is 0 Å². The molecule has 5 heteroatoms. The molecule has 0 atom stereocenters. The van der Waals surface area contributed by atoms with E-state index in [-0.39, 0.29) is 29.5 Å². The van der Waals surface area contributed by atoms with E-state index in [1.807, 2.05) is 0 Å². The number of hydrogen-bond donors (Lipinski definition) is 0. The first-order valence-corrected chi connectivity index (χ1v) is 5.89. The minimum Gasteiger partial charge on any atom is -0.466 e. The molecule has 0 aliphatic heterocycles. The lowest BCUT2D eigenvalue weighted by Crippen LogP contribution is -2.10. The second-order valence-corrected chi connectivity index (χ2v) is 3.71. The summed E-state index contributed by atoms with van der Waals surface area (Å²) in [5.41, 5.74) is 0.215. The number of carbonyl (C=O) groups excluding carboxylic acids is 1. The number of esters is 1. The zero-order valence-electron chi connectivity index (χ0n) is 8.73. The highest BCUT2D eigenvalue weighted by Gasteiger charge is 2.14. The monoisotopic (exact) mass is 292 g/mol. The summed E-state index contributed by atoms with van der Waals surface area (Å²) in [6, 6.07) is 2.11. The lowest BCUT2D eigenvalue weighted by atomic mass is 10.1. The summed E-state index contributed by atoms with van der Waals surface area (Å²) < 4.78 is 31.4. The van der Waals surface area contributed by atoms with Gasteiger partial charge in [-0.2, -0.15) is 0 Å². The van der Waals surface area contributed by atoms with Crippen molar-refractivity contribution >= 4 is 21.9 Å². The Morgan fingerprint density at radius 3 is 2.56 bits per heavy atom. The molecule has 0 heterocycles. The third-order valence-electron chi connectivity index (χ3n) is 1.97. The van der Waals surface area contributed by atoms with Crippen LogP contribution in [0.3, 0.4) is 0 Å². The van der Waals surface area contributed by atoms with Gasteiger partial charge in [0.25, 0.3) is 0 Å². The highest BCUT2D eigenvalue weighted by molar-refractivity contribution is 9.08. The Morgan fingerprint density at radius 2 is 2.00 bits per heavy atom. The molecule has 0 radical (unpaired) electrons. The van der Waals surface area contributed by atoms with E-state index in [4.69, 9.17) is 0 Å². The Bertz CT molecular complexity index is 394. The van der Waals surface area contributed by atoms with E-state index in [2.05, 4.69) is 20.7 Å². The molecule has 88 valence electrons. The summed E-state index contributed by atoms with van der Waals surface area (Å²) in [7, 11) is 0. The molecule has 1 rings (SSSR count). The van der Waals surface area contributed by atoms with E-state index in [1.165, 1.54) is 0 Å². The first kappa shape index (κ1) is 13.1. The van der Waals surface area contributed by atoms with Crippen molar-refractivity contribution < 1.29 is 18.3 Å². The second-order valence-electron chi connectivity index (χ2n) is 3.15. The van der Waals surface area contributed by atoms with Crippen LogP contribution in [0, 0.1) is 11.6 Å². The van der Waals surface area contributed by atoms with E-state index >= 15 is 0 Å².